The van der Waals surface area contributed by atoms with E-state index in [1.165, 1.54) is 5.56 Å². The molecule has 0 saturated heterocycles. The van der Waals surface area contributed by atoms with Crippen LogP contribution < -0.4 is 5.32 Å². The SMILES string of the molecule is Cc1ccccc1-n1ncc2c1CC(C)(C)CC2NC(=O)c1ccc2n[nH]nc2c1. The summed E-state index contributed by atoms with van der Waals surface area (Å²) in [6.07, 6.45) is 3.67. The maximum atomic E-state index is 13.0. The third-order valence-corrected chi connectivity index (χ3v) is 5.91. The Kier molecular flexibility index (Phi) is 4.20. The van der Waals surface area contributed by atoms with Gasteiger partial charge in [0.2, 0.25) is 0 Å². The van der Waals surface area contributed by atoms with Gasteiger partial charge in [0, 0.05) is 11.1 Å². The molecule has 4 aromatic rings. The molecule has 152 valence electrons. The van der Waals surface area contributed by atoms with Gasteiger partial charge in [-0.15, -0.1) is 0 Å². The molecule has 7 nitrogen and oxygen atoms in total. The number of aromatic nitrogens is 5. The quantitative estimate of drug-likeness (QED) is 0.546. The summed E-state index contributed by atoms with van der Waals surface area (Å²) in [6, 6.07) is 13.5. The fraction of sp³-hybridized carbons (Fsp3) is 0.304. The number of para-hydroxylation sites is 1. The van der Waals surface area contributed by atoms with Crippen LogP contribution in [0.3, 0.4) is 0 Å². The van der Waals surface area contributed by atoms with Crippen LogP contribution in [0.25, 0.3) is 16.7 Å². The maximum absolute atomic E-state index is 13.0. The van der Waals surface area contributed by atoms with Crippen LogP contribution in [0.5, 0.6) is 0 Å². The van der Waals surface area contributed by atoms with Crippen LogP contribution in [0.15, 0.2) is 48.7 Å². The van der Waals surface area contributed by atoms with Crippen LogP contribution in [0.4, 0.5) is 0 Å². The first-order chi connectivity index (χ1) is 14.4. The summed E-state index contributed by atoms with van der Waals surface area (Å²) in [5.41, 5.74) is 6.55. The first-order valence-electron chi connectivity index (χ1n) is 10.2. The number of rotatable bonds is 3. The first-order valence-corrected chi connectivity index (χ1v) is 10.2. The Balaban J connectivity index is 1.49. The summed E-state index contributed by atoms with van der Waals surface area (Å²) in [5, 5.41) is 18.7. The highest BCUT2D eigenvalue weighted by molar-refractivity contribution is 5.97. The number of hydrogen-bond acceptors (Lipinski definition) is 4. The lowest BCUT2D eigenvalue weighted by Gasteiger charge is -2.36. The summed E-state index contributed by atoms with van der Waals surface area (Å²) < 4.78 is 2.03. The normalized spacial score (nSPS) is 17.6. The molecule has 1 amide bonds. The molecule has 1 aliphatic carbocycles. The van der Waals surface area contributed by atoms with Crippen LogP contribution in [0.2, 0.25) is 0 Å². The fourth-order valence-corrected chi connectivity index (χ4v) is 4.40. The lowest BCUT2D eigenvalue weighted by molar-refractivity contribution is 0.0919. The van der Waals surface area contributed by atoms with E-state index in [1.54, 1.807) is 18.2 Å². The highest BCUT2D eigenvalue weighted by atomic mass is 16.1. The first kappa shape index (κ1) is 18.5. The second-order valence-electron chi connectivity index (χ2n) is 8.84. The van der Waals surface area contributed by atoms with E-state index < -0.39 is 0 Å². The van der Waals surface area contributed by atoms with E-state index in [2.05, 4.69) is 53.6 Å². The van der Waals surface area contributed by atoms with Gasteiger partial charge in [-0.2, -0.15) is 20.5 Å². The molecule has 1 aliphatic rings. The smallest absolute Gasteiger partial charge is 0.251 e. The van der Waals surface area contributed by atoms with Crippen LogP contribution >= 0.6 is 0 Å². The zero-order valence-electron chi connectivity index (χ0n) is 17.3. The van der Waals surface area contributed by atoms with Crippen molar-refractivity contribution in [3.8, 4) is 5.69 Å². The molecule has 0 radical (unpaired) electrons. The number of benzene rings is 2. The van der Waals surface area contributed by atoms with Gasteiger partial charge in [0.15, 0.2) is 0 Å². The molecule has 2 N–H and O–H groups in total. The number of aromatic amines is 1. The second-order valence-corrected chi connectivity index (χ2v) is 8.84. The van der Waals surface area contributed by atoms with Crippen LogP contribution in [-0.4, -0.2) is 31.1 Å². The average Bonchev–Trinajstić information content (AvgIpc) is 3.33. The minimum atomic E-state index is -0.114. The van der Waals surface area contributed by atoms with Crippen molar-refractivity contribution in [3.05, 3.63) is 71.0 Å². The highest BCUT2D eigenvalue weighted by Gasteiger charge is 2.36. The Morgan fingerprint density at radius 3 is 2.80 bits per heavy atom. The number of H-pyrrole nitrogens is 1. The lowest BCUT2D eigenvalue weighted by atomic mass is 9.74. The Hall–Kier alpha value is -3.48. The molecule has 0 saturated carbocycles. The molecule has 7 heteroatoms. The fourth-order valence-electron chi connectivity index (χ4n) is 4.40. The number of nitrogens with zero attached hydrogens (tertiary/aromatic N) is 4. The molecule has 2 aromatic carbocycles. The molecule has 5 rings (SSSR count). The van der Waals surface area contributed by atoms with Crippen molar-refractivity contribution in [2.45, 2.75) is 39.7 Å². The Labute approximate surface area is 174 Å². The molecule has 1 atom stereocenters. The minimum Gasteiger partial charge on any atom is -0.345 e. The van der Waals surface area contributed by atoms with Crippen molar-refractivity contribution < 1.29 is 4.79 Å². The van der Waals surface area contributed by atoms with Crippen molar-refractivity contribution in [3.63, 3.8) is 0 Å². The highest BCUT2D eigenvalue weighted by Crippen LogP contribution is 2.41. The Morgan fingerprint density at radius 2 is 1.97 bits per heavy atom. The van der Waals surface area contributed by atoms with Crippen LogP contribution in [0, 0.1) is 12.3 Å². The van der Waals surface area contributed by atoms with Gasteiger partial charge in [-0.1, -0.05) is 32.0 Å². The predicted octanol–water partition coefficient (Wildman–Crippen LogP) is 3.90. The molecule has 1 unspecified atom stereocenters. The topological polar surface area (TPSA) is 88.5 Å². The number of amides is 1. The maximum Gasteiger partial charge on any atom is 0.251 e. The van der Waals surface area contributed by atoms with Crippen molar-refractivity contribution in [2.75, 3.05) is 0 Å². The molecular formula is C23H24N6O. The van der Waals surface area contributed by atoms with Crippen molar-refractivity contribution >= 4 is 16.9 Å². The van der Waals surface area contributed by atoms with E-state index in [9.17, 15) is 4.79 Å². The summed E-state index contributed by atoms with van der Waals surface area (Å²) in [4.78, 5) is 13.0. The number of carbonyl (C=O) groups is 1. The van der Waals surface area contributed by atoms with E-state index in [0.717, 1.165) is 35.3 Å². The molecular weight excluding hydrogens is 376 g/mol. The average molecular weight is 400 g/mol. The number of fused-ring (bicyclic) bond motifs is 2. The Morgan fingerprint density at radius 1 is 1.17 bits per heavy atom. The molecule has 2 heterocycles. The van der Waals surface area contributed by atoms with E-state index in [1.807, 2.05) is 23.0 Å². The van der Waals surface area contributed by atoms with Gasteiger partial charge in [-0.3, -0.25) is 4.79 Å². The van der Waals surface area contributed by atoms with Crippen molar-refractivity contribution in [2.24, 2.45) is 5.41 Å². The summed E-state index contributed by atoms with van der Waals surface area (Å²) in [7, 11) is 0. The van der Waals surface area contributed by atoms with Gasteiger partial charge < -0.3 is 5.32 Å². The van der Waals surface area contributed by atoms with E-state index in [4.69, 9.17) is 5.10 Å². The van der Waals surface area contributed by atoms with Crippen LogP contribution in [-0.2, 0) is 6.42 Å². The zero-order valence-corrected chi connectivity index (χ0v) is 17.3. The molecule has 0 aliphatic heterocycles. The number of aryl methyl sites for hydroxylation is 1. The predicted molar refractivity (Wildman–Crippen MR) is 114 cm³/mol. The van der Waals surface area contributed by atoms with Crippen LogP contribution in [0.1, 0.15) is 53.5 Å². The number of hydrogen-bond donors (Lipinski definition) is 2. The standard InChI is InChI=1S/C23H24N6O/c1-14-6-4-5-7-20(14)29-21-12-23(2,3)11-19(16(21)13-24-29)25-22(30)15-8-9-17-18(10-15)27-28-26-17/h4-10,13,19H,11-12H2,1-3H3,(H,25,30)(H,26,27,28). The Bertz CT molecular complexity index is 1250. The molecule has 30 heavy (non-hydrogen) atoms. The molecule has 0 bridgehead atoms. The largest absolute Gasteiger partial charge is 0.345 e. The third-order valence-electron chi connectivity index (χ3n) is 5.91. The van der Waals surface area contributed by atoms with Gasteiger partial charge in [-0.25, -0.2) is 4.68 Å². The van der Waals surface area contributed by atoms with Gasteiger partial charge in [0.1, 0.15) is 11.0 Å². The molecule has 0 fully saturated rings. The van der Waals surface area contributed by atoms with Crippen molar-refractivity contribution in [1.82, 2.24) is 30.5 Å². The minimum absolute atomic E-state index is 0.0431. The van der Waals surface area contributed by atoms with E-state index in [-0.39, 0.29) is 17.4 Å². The van der Waals surface area contributed by atoms with Crippen molar-refractivity contribution in [1.29, 1.82) is 0 Å². The van der Waals surface area contributed by atoms with Gasteiger partial charge in [0.05, 0.1) is 23.6 Å². The monoisotopic (exact) mass is 400 g/mol. The van der Waals surface area contributed by atoms with Gasteiger partial charge in [0.25, 0.3) is 5.91 Å². The zero-order chi connectivity index (χ0) is 20.9. The van der Waals surface area contributed by atoms with Gasteiger partial charge >= 0.3 is 0 Å². The molecule has 0 spiro atoms. The number of nitrogens with one attached hydrogen (secondary N) is 2. The van der Waals surface area contributed by atoms with E-state index in [0.29, 0.717) is 11.1 Å². The van der Waals surface area contributed by atoms with Gasteiger partial charge in [-0.05, 0) is 55.0 Å². The third kappa shape index (κ3) is 3.16. The van der Waals surface area contributed by atoms with E-state index >= 15 is 0 Å². The summed E-state index contributed by atoms with van der Waals surface area (Å²) in [5.74, 6) is -0.114. The summed E-state index contributed by atoms with van der Waals surface area (Å²) in [6.45, 7) is 6.58. The lowest BCUT2D eigenvalue weighted by Crippen LogP contribution is -2.36. The number of carbonyl (C=O) groups excluding carboxylic acids is 1. The second kappa shape index (κ2) is 6.79. The summed E-state index contributed by atoms with van der Waals surface area (Å²) >= 11 is 0. The molecule has 2 aromatic heterocycles.